The Labute approximate surface area is 59.5 Å². The molecule has 4 heteroatoms. The molecule has 9 heavy (non-hydrogen) atoms. The van der Waals surface area contributed by atoms with Crippen molar-refractivity contribution < 1.29 is 0 Å². The van der Waals surface area contributed by atoms with E-state index in [1.807, 2.05) is 13.8 Å². The Morgan fingerprint density at radius 1 is 1.67 bits per heavy atom. The molecule has 0 spiro atoms. The SMILES string of the molecule is CC(C)n1nncc1S. The van der Waals surface area contributed by atoms with Crippen LogP contribution in [0.2, 0.25) is 0 Å². The molecule has 0 amide bonds. The molecule has 0 aliphatic heterocycles. The van der Waals surface area contributed by atoms with Crippen molar-refractivity contribution in [1.29, 1.82) is 0 Å². The van der Waals surface area contributed by atoms with Crippen molar-refractivity contribution >= 4 is 12.6 Å². The van der Waals surface area contributed by atoms with Gasteiger partial charge in [-0.3, -0.25) is 0 Å². The molecule has 0 bridgehead atoms. The number of hydrogen-bond acceptors (Lipinski definition) is 3. The fourth-order valence-corrected chi connectivity index (χ4v) is 0.928. The molecule has 1 heterocycles. The lowest BCUT2D eigenvalue weighted by molar-refractivity contribution is 0.480. The quantitative estimate of drug-likeness (QED) is 0.598. The Hall–Kier alpha value is -0.510. The lowest BCUT2D eigenvalue weighted by Gasteiger charge is -2.03. The number of aromatic nitrogens is 3. The van der Waals surface area contributed by atoms with Crippen LogP contribution in [0.25, 0.3) is 0 Å². The fourth-order valence-electron chi connectivity index (χ4n) is 0.606. The molecule has 0 fully saturated rings. The molecule has 0 aliphatic carbocycles. The summed E-state index contributed by atoms with van der Waals surface area (Å²) in [5, 5.41) is 8.30. The second-order valence-electron chi connectivity index (χ2n) is 2.13. The molecule has 50 valence electrons. The third kappa shape index (κ3) is 1.24. The van der Waals surface area contributed by atoms with E-state index in [0.717, 1.165) is 5.03 Å². The van der Waals surface area contributed by atoms with Crippen LogP contribution in [0.3, 0.4) is 0 Å². The second-order valence-corrected chi connectivity index (χ2v) is 2.59. The highest BCUT2D eigenvalue weighted by Crippen LogP contribution is 2.08. The van der Waals surface area contributed by atoms with Crippen molar-refractivity contribution in [3.8, 4) is 0 Å². The summed E-state index contributed by atoms with van der Waals surface area (Å²) in [6, 6.07) is 0.347. The summed E-state index contributed by atoms with van der Waals surface area (Å²) in [5.74, 6) is 0. The molecule has 1 rings (SSSR count). The summed E-state index contributed by atoms with van der Waals surface area (Å²) in [5.41, 5.74) is 0. The second kappa shape index (κ2) is 2.39. The Bertz CT molecular complexity index is 194. The normalized spacial score (nSPS) is 10.7. The molecule has 1 aromatic rings. The molecule has 0 radical (unpaired) electrons. The van der Waals surface area contributed by atoms with E-state index in [9.17, 15) is 0 Å². The maximum atomic E-state index is 4.13. The predicted molar refractivity (Wildman–Crippen MR) is 37.7 cm³/mol. The maximum Gasteiger partial charge on any atom is 0.112 e. The average Bonchev–Trinajstić information content (AvgIpc) is 2.13. The first-order valence-electron chi connectivity index (χ1n) is 2.81. The summed E-state index contributed by atoms with van der Waals surface area (Å²) < 4.78 is 1.75. The minimum Gasteiger partial charge on any atom is -0.237 e. The molecule has 0 aliphatic rings. The zero-order valence-electron chi connectivity index (χ0n) is 5.44. The van der Waals surface area contributed by atoms with Crippen molar-refractivity contribution in [2.75, 3.05) is 0 Å². The largest absolute Gasteiger partial charge is 0.237 e. The van der Waals surface area contributed by atoms with E-state index in [1.54, 1.807) is 10.9 Å². The van der Waals surface area contributed by atoms with Gasteiger partial charge in [0.1, 0.15) is 5.03 Å². The van der Waals surface area contributed by atoms with Gasteiger partial charge in [0.05, 0.1) is 6.20 Å². The lowest BCUT2D eigenvalue weighted by Crippen LogP contribution is -2.02. The zero-order valence-corrected chi connectivity index (χ0v) is 6.34. The number of rotatable bonds is 1. The smallest absolute Gasteiger partial charge is 0.112 e. The van der Waals surface area contributed by atoms with Gasteiger partial charge in [-0.2, -0.15) is 0 Å². The van der Waals surface area contributed by atoms with E-state index in [0.29, 0.717) is 6.04 Å². The van der Waals surface area contributed by atoms with Crippen LogP contribution in [0.4, 0.5) is 0 Å². The van der Waals surface area contributed by atoms with Gasteiger partial charge in [-0.05, 0) is 13.8 Å². The highest BCUT2D eigenvalue weighted by molar-refractivity contribution is 7.80. The van der Waals surface area contributed by atoms with Crippen molar-refractivity contribution in [3.63, 3.8) is 0 Å². The molecule has 0 saturated heterocycles. The van der Waals surface area contributed by atoms with E-state index >= 15 is 0 Å². The Kier molecular flexibility index (Phi) is 1.75. The van der Waals surface area contributed by atoms with E-state index < -0.39 is 0 Å². The van der Waals surface area contributed by atoms with Gasteiger partial charge in [0.2, 0.25) is 0 Å². The average molecular weight is 143 g/mol. The van der Waals surface area contributed by atoms with Crippen LogP contribution >= 0.6 is 12.6 Å². The topological polar surface area (TPSA) is 30.7 Å². The van der Waals surface area contributed by atoms with Crippen LogP contribution in [0.5, 0.6) is 0 Å². The van der Waals surface area contributed by atoms with Gasteiger partial charge in [0.25, 0.3) is 0 Å². The standard InChI is InChI=1S/C5H9N3S/c1-4(2)8-5(9)3-6-7-8/h3-4,9H,1-2H3. The molecular formula is C5H9N3S. The fraction of sp³-hybridized carbons (Fsp3) is 0.600. The van der Waals surface area contributed by atoms with Crippen LogP contribution in [0.15, 0.2) is 11.2 Å². The third-order valence-electron chi connectivity index (χ3n) is 1.05. The predicted octanol–water partition coefficient (Wildman–Crippen LogP) is 1.15. The first-order valence-corrected chi connectivity index (χ1v) is 3.25. The van der Waals surface area contributed by atoms with Gasteiger partial charge in [-0.25, -0.2) is 4.68 Å². The summed E-state index contributed by atoms with van der Waals surface area (Å²) in [4.78, 5) is 0. The monoisotopic (exact) mass is 143 g/mol. The Morgan fingerprint density at radius 3 is 2.56 bits per heavy atom. The first-order chi connectivity index (χ1) is 4.22. The molecule has 0 unspecified atom stereocenters. The Morgan fingerprint density at radius 2 is 2.33 bits per heavy atom. The first kappa shape index (κ1) is 6.61. The van der Waals surface area contributed by atoms with Crippen LogP contribution < -0.4 is 0 Å². The van der Waals surface area contributed by atoms with Gasteiger partial charge in [-0.1, -0.05) is 5.21 Å². The summed E-state index contributed by atoms with van der Waals surface area (Å²) >= 11 is 4.13. The molecule has 0 saturated carbocycles. The van der Waals surface area contributed by atoms with Gasteiger partial charge >= 0.3 is 0 Å². The van der Waals surface area contributed by atoms with Crippen molar-refractivity contribution in [2.24, 2.45) is 0 Å². The highest BCUT2D eigenvalue weighted by atomic mass is 32.1. The van der Waals surface area contributed by atoms with E-state index in [-0.39, 0.29) is 0 Å². The van der Waals surface area contributed by atoms with Crippen molar-refractivity contribution in [2.45, 2.75) is 24.9 Å². The van der Waals surface area contributed by atoms with Crippen LogP contribution in [-0.2, 0) is 0 Å². The summed E-state index contributed by atoms with van der Waals surface area (Å²) in [6.07, 6.45) is 1.63. The summed E-state index contributed by atoms with van der Waals surface area (Å²) in [6.45, 7) is 4.07. The van der Waals surface area contributed by atoms with E-state index in [4.69, 9.17) is 0 Å². The van der Waals surface area contributed by atoms with Gasteiger partial charge in [-0.15, -0.1) is 17.7 Å². The minimum atomic E-state index is 0.347. The van der Waals surface area contributed by atoms with E-state index in [1.165, 1.54) is 0 Å². The molecular weight excluding hydrogens is 134 g/mol. The van der Waals surface area contributed by atoms with Crippen LogP contribution in [-0.4, -0.2) is 15.0 Å². The molecule has 0 aromatic carbocycles. The molecule has 1 aromatic heterocycles. The number of hydrogen-bond donors (Lipinski definition) is 1. The molecule has 0 N–H and O–H groups in total. The Balaban J connectivity index is 2.94. The lowest BCUT2D eigenvalue weighted by atomic mass is 10.4. The van der Waals surface area contributed by atoms with Gasteiger partial charge < -0.3 is 0 Å². The van der Waals surface area contributed by atoms with E-state index in [2.05, 4.69) is 22.9 Å². The van der Waals surface area contributed by atoms with Gasteiger partial charge in [0, 0.05) is 6.04 Å². The number of thiol groups is 1. The third-order valence-corrected chi connectivity index (χ3v) is 1.37. The van der Waals surface area contributed by atoms with Gasteiger partial charge in [0.15, 0.2) is 0 Å². The molecule has 3 nitrogen and oxygen atoms in total. The van der Waals surface area contributed by atoms with Crippen LogP contribution in [0.1, 0.15) is 19.9 Å². The van der Waals surface area contributed by atoms with Crippen molar-refractivity contribution in [3.05, 3.63) is 6.20 Å². The zero-order chi connectivity index (χ0) is 6.85. The molecule has 0 atom stereocenters. The van der Waals surface area contributed by atoms with Crippen LogP contribution in [0, 0.1) is 0 Å². The minimum absolute atomic E-state index is 0.347. The maximum absolute atomic E-state index is 4.13. The summed E-state index contributed by atoms with van der Waals surface area (Å²) in [7, 11) is 0. The number of nitrogens with zero attached hydrogens (tertiary/aromatic N) is 3. The highest BCUT2D eigenvalue weighted by Gasteiger charge is 2.00. The van der Waals surface area contributed by atoms with Crippen molar-refractivity contribution in [1.82, 2.24) is 15.0 Å².